The van der Waals surface area contributed by atoms with E-state index in [9.17, 15) is 26.8 Å². The Bertz CT molecular complexity index is 1120. The molecule has 0 radical (unpaired) electrons. The molecule has 2 N–H and O–H groups in total. The predicted octanol–water partition coefficient (Wildman–Crippen LogP) is 2.64. The van der Waals surface area contributed by atoms with Gasteiger partial charge in [0.1, 0.15) is 22.1 Å². The number of aromatic nitrogens is 1. The van der Waals surface area contributed by atoms with E-state index in [0.29, 0.717) is 6.07 Å². The van der Waals surface area contributed by atoms with E-state index < -0.39 is 37.8 Å². The number of hydrogen-bond donors (Lipinski definition) is 2. The predicted molar refractivity (Wildman–Crippen MR) is 103 cm³/mol. The lowest BCUT2D eigenvalue weighted by atomic mass is 10.1. The minimum absolute atomic E-state index is 0.0357. The number of rotatable bonds is 5. The van der Waals surface area contributed by atoms with Crippen molar-refractivity contribution in [1.82, 2.24) is 10.3 Å². The maximum Gasteiger partial charge on any atom is 0.261 e. The van der Waals surface area contributed by atoms with Gasteiger partial charge in [0.05, 0.1) is 0 Å². The highest BCUT2D eigenvalue weighted by Crippen LogP contribution is 2.19. The molecule has 1 heterocycles. The molecule has 6 nitrogen and oxygen atoms in total. The molecule has 0 saturated heterocycles. The second-order valence-electron chi connectivity index (χ2n) is 6.78. The quantitative estimate of drug-likeness (QED) is 0.572. The van der Waals surface area contributed by atoms with Gasteiger partial charge in [0.15, 0.2) is 0 Å². The first-order valence-corrected chi connectivity index (χ1v) is 10.7. The van der Waals surface area contributed by atoms with Gasteiger partial charge in [-0.25, -0.2) is 17.2 Å². The van der Waals surface area contributed by atoms with Gasteiger partial charge >= 0.3 is 0 Å². The Morgan fingerprint density at radius 2 is 1.90 bits per heavy atom. The molecule has 0 aliphatic heterocycles. The third-order valence-electron chi connectivity index (χ3n) is 4.69. The Kier molecular flexibility index (Phi) is 6.26. The molecule has 154 valence electrons. The zero-order chi connectivity index (χ0) is 21.0. The first-order valence-electron chi connectivity index (χ1n) is 9.18. The molecule has 1 amide bonds. The van der Waals surface area contributed by atoms with Crippen LogP contribution in [0, 0.1) is 11.6 Å². The largest absolute Gasteiger partial charge is 0.348 e. The van der Waals surface area contributed by atoms with Gasteiger partial charge < -0.3 is 10.3 Å². The van der Waals surface area contributed by atoms with Crippen molar-refractivity contribution in [2.75, 3.05) is 6.54 Å². The average molecular weight is 422 g/mol. The Balaban J connectivity index is 1.68. The van der Waals surface area contributed by atoms with Crippen molar-refractivity contribution in [3.8, 4) is 0 Å². The Morgan fingerprint density at radius 1 is 1.14 bits per heavy atom. The lowest BCUT2D eigenvalue weighted by Gasteiger charge is -2.08. The van der Waals surface area contributed by atoms with Crippen LogP contribution in [0.25, 0.3) is 0 Å². The standard InChI is InChI=1S/C20H20F2N2O4S/c21-14-7-8-18(16(22)12-14)29(27,28)10-4-9-23-19(25)15-11-13-5-2-1-3-6-17(13)24-20(15)26/h4,7-8,10-12H,1-3,5-6,9H2,(H,23,25)(H,24,26)/b10-4+. The number of benzene rings is 1. The lowest BCUT2D eigenvalue weighted by Crippen LogP contribution is -2.30. The Morgan fingerprint density at radius 3 is 2.66 bits per heavy atom. The molecule has 0 atom stereocenters. The fourth-order valence-electron chi connectivity index (χ4n) is 3.22. The van der Waals surface area contributed by atoms with Crippen LogP contribution in [0.5, 0.6) is 0 Å². The monoisotopic (exact) mass is 422 g/mol. The fraction of sp³-hybridized carbons (Fsp3) is 0.300. The molecular weight excluding hydrogens is 402 g/mol. The maximum atomic E-state index is 13.7. The van der Waals surface area contributed by atoms with Crippen LogP contribution >= 0.6 is 0 Å². The van der Waals surface area contributed by atoms with E-state index in [1.807, 2.05) is 0 Å². The summed E-state index contributed by atoms with van der Waals surface area (Å²) in [5.74, 6) is -2.72. The highest BCUT2D eigenvalue weighted by Gasteiger charge is 2.18. The highest BCUT2D eigenvalue weighted by molar-refractivity contribution is 7.94. The maximum absolute atomic E-state index is 13.7. The van der Waals surface area contributed by atoms with Crippen molar-refractivity contribution in [3.63, 3.8) is 0 Å². The summed E-state index contributed by atoms with van der Waals surface area (Å²) >= 11 is 0. The van der Waals surface area contributed by atoms with Crippen LogP contribution in [0.3, 0.4) is 0 Å². The van der Waals surface area contributed by atoms with Crippen molar-refractivity contribution < 1.29 is 22.0 Å². The molecule has 1 aromatic heterocycles. The molecule has 1 aromatic carbocycles. The highest BCUT2D eigenvalue weighted by atomic mass is 32.2. The smallest absolute Gasteiger partial charge is 0.261 e. The first kappa shape index (κ1) is 20.9. The summed E-state index contributed by atoms with van der Waals surface area (Å²) < 4.78 is 50.8. The van der Waals surface area contributed by atoms with Crippen molar-refractivity contribution in [3.05, 3.63) is 74.6 Å². The molecule has 0 fully saturated rings. The summed E-state index contributed by atoms with van der Waals surface area (Å²) in [6, 6.07) is 3.74. The molecule has 0 bridgehead atoms. The van der Waals surface area contributed by atoms with Crippen LogP contribution in [0.2, 0.25) is 0 Å². The van der Waals surface area contributed by atoms with Gasteiger partial charge in [-0.2, -0.15) is 0 Å². The molecular formula is C20H20F2N2O4S. The van der Waals surface area contributed by atoms with E-state index in [4.69, 9.17) is 0 Å². The molecule has 1 aliphatic carbocycles. The number of hydrogen-bond acceptors (Lipinski definition) is 4. The molecule has 0 spiro atoms. The molecule has 29 heavy (non-hydrogen) atoms. The fourth-order valence-corrected chi connectivity index (χ4v) is 4.31. The summed E-state index contributed by atoms with van der Waals surface area (Å²) in [7, 11) is -4.14. The number of aromatic amines is 1. The summed E-state index contributed by atoms with van der Waals surface area (Å²) in [6.07, 6.45) is 5.71. The van der Waals surface area contributed by atoms with Gasteiger partial charge in [0.2, 0.25) is 9.84 Å². The van der Waals surface area contributed by atoms with Crippen LogP contribution in [0.1, 0.15) is 40.9 Å². The topological polar surface area (TPSA) is 96.1 Å². The van der Waals surface area contributed by atoms with Gasteiger partial charge in [-0.15, -0.1) is 0 Å². The van der Waals surface area contributed by atoms with Gasteiger partial charge in [0.25, 0.3) is 11.5 Å². The van der Waals surface area contributed by atoms with Crippen LogP contribution in [0.4, 0.5) is 8.78 Å². The van der Waals surface area contributed by atoms with E-state index in [2.05, 4.69) is 10.3 Å². The SMILES string of the molecule is O=C(NC/C=C/S(=O)(=O)c1ccc(F)cc1F)c1cc2c([nH]c1=O)CCCCC2. The number of nitrogens with one attached hydrogen (secondary N) is 2. The third kappa shape index (κ3) is 4.97. The van der Waals surface area contributed by atoms with Gasteiger partial charge in [0, 0.05) is 23.7 Å². The van der Waals surface area contributed by atoms with E-state index >= 15 is 0 Å². The van der Waals surface area contributed by atoms with Gasteiger partial charge in [-0.3, -0.25) is 9.59 Å². The van der Waals surface area contributed by atoms with Crippen molar-refractivity contribution in [1.29, 1.82) is 0 Å². The molecule has 0 saturated carbocycles. The zero-order valence-electron chi connectivity index (χ0n) is 15.5. The number of halogens is 2. The second-order valence-corrected chi connectivity index (χ2v) is 8.58. The van der Waals surface area contributed by atoms with E-state index in [-0.39, 0.29) is 12.1 Å². The molecule has 3 rings (SSSR count). The van der Waals surface area contributed by atoms with Crippen molar-refractivity contribution in [2.24, 2.45) is 0 Å². The van der Waals surface area contributed by atoms with E-state index in [1.165, 1.54) is 0 Å². The zero-order valence-corrected chi connectivity index (χ0v) is 16.3. The molecule has 1 aliphatic rings. The Hall–Kier alpha value is -2.81. The van der Waals surface area contributed by atoms with Crippen LogP contribution in [0.15, 0.2) is 45.4 Å². The number of sulfone groups is 1. The molecule has 2 aromatic rings. The average Bonchev–Trinajstić information content (AvgIpc) is 2.88. The van der Waals surface area contributed by atoms with Crippen LogP contribution in [-0.2, 0) is 22.7 Å². The number of fused-ring (bicyclic) bond motifs is 1. The summed E-state index contributed by atoms with van der Waals surface area (Å²) in [6.45, 7) is -0.183. The molecule has 0 unspecified atom stereocenters. The summed E-state index contributed by atoms with van der Waals surface area (Å²) in [5.41, 5.74) is 1.27. The Labute approximate surface area is 166 Å². The minimum Gasteiger partial charge on any atom is -0.348 e. The number of carbonyl (C=O) groups excluding carboxylic acids is 1. The third-order valence-corrected chi connectivity index (χ3v) is 6.18. The van der Waals surface area contributed by atoms with Crippen molar-refractivity contribution in [2.45, 2.75) is 37.0 Å². The normalized spacial score (nSPS) is 14.4. The van der Waals surface area contributed by atoms with Crippen LogP contribution < -0.4 is 10.9 Å². The van der Waals surface area contributed by atoms with Gasteiger partial charge in [-0.05, 0) is 49.4 Å². The second kappa shape index (κ2) is 8.69. The molecule has 9 heteroatoms. The van der Waals surface area contributed by atoms with Crippen molar-refractivity contribution >= 4 is 15.7 Å². The van der Waals surface area contributed by atoms with Gasteiger partial charge in [-0.1, -0.05) is 12.5 Å². The minimum atomic E-state index is -4.14. The van der Waals surface area contributed by atoms with E-state index in [1.54, 1.807) is 6.07 Å². The van der Waals surface area contributed by atoms with E-state index in [0.717, 1.165) is 67.0 Å². The lowest BCUT2D eigenvalue weighted by molar-refractivity contribution is 0.0956. The number of H-pyrrole nitrogens is 1. The summed E-state index contributed by atoms with van der Waals surface area (Å²) in [4.78, 5) is 26.6. The number of amides is 1. The number of carbonyl (C=O) groups is 1. The number of aryl methyl sites for hydroxylation is 2. The first-order chi connectivity index (χ1) is 13.8. The number of pyridine rings is 1. The van der Waals surface area contributed by atoms with Crippen LogP contribution in [-0.4, -0.2) is 25.9 Å². The summed E-state index contributed by atoms with van der Waals surface area (Å²) in [5, 5.41) is 3.17.